The van der Waals surface area contributed by atoms with E-state index in [4.69, 9.17) is 10.7 Å². The number of piperidine rings is 1. The molecule has 1 saturated heterocycles. The number of pyridine rings is 1. The highest BCUT2D eigenvalue weighted by Crippen LogP contribution is 2.32. The van der Waals surface area contributed by atoms with E-state index in [1.807, 2.05) is 6.07 Å². The third-order valence-corrected chi connectivity index (χ3v) is 6.46. The predicted molar refractivity (Wildman–Crippen MR) is 124 cm³/mol. The lowest BCUT2D eigenvalue weighted by atomic mass is 10.0. The van der Waals surface area contributed by atoms with Gasteiger partial charge >= 0.3 is 0 Å². The molecule has 0 aliphatic carbocycles. The number of hydrogen-bond acceptors (Lipinski definition) is 3. The smallest absolute Gasteiger partial charge is 0.138 e. The second kappa shape index (κ2) is 7.54. The monoisotopic (exact) mass is 417 g/mol. The minimum Gasteiger partial charge on any atom is -0.370 e. The van der Waals surface area contributed by atoms with Crippen LogP contribution in [0.15, 0.2) is 49.2 Å². The molecule has 31 heavy (non-hydrogen) atoms. The number of aromatic nitrogens is 3. The maximum atomic E-state index is 13.9. The van der Waals surface area contributed by atoms with Gasteiger partial charge in [-0.1, -0.05) is 6.58 Å². The number of halogens is 1. The van der Waals surface area contributed by atoms with Crippen LogP contribution in [0.25, 0.3) is 33.6 Å². The largest absolute Gasteiger partial charge is 0.370 e. The molecule has 160 valence electrons. The van der Waals surface area contributed by atoms with Gasteiger partial charge in [0.05, 0.1) is 11.2 Å². The fourth-order valence-electron chi connectivity index (χ4n) is 4.79. The van der Waals surface area contributed by atoms with Crippen LogP contribution in [0.2, 0.25) is 0 Å². The lowest BCUT2D eigenvalue weighted by Crippen LogP contribution is -2.41. The molecule has 2 N–H and O–H groups in total. The van der Waals surface area contributed by atoms with Crippen molar-refractivity contribution in [2.24, 2.45) is 5.73 Å². The van der Waals surface area contributed by atoms with Crippen molar-refractivity contribution in [2.45, 2.75) is 39.3 Å². The van der Waals surface area contributed by atoms with E-state index in [-0.39, 0.29) is 11.9 Å². The molecule has 3 aromatic heterocycles. The Kier molecular flexibility index (Phi) is 4.82. The van der Waals surface area contributed by atoms with Crippen molar-refractivity contribution in [2.75, 3.05) is 13.1 Å². The summed E-state index contributed by atoms with van der Waals surface area (Å²) in [7, 11) is 0. The first-order chi connectivity index (χ1) is 15.0. The van der Waals surface area contributed by atoms with Gasteiger partial charge < -0.3 is 19.6 Å². The Bertz CT molecular complexity index is 1300. The Labute approximate surface area is 181 Å². The van der Waals surface area contributed by atoms with Crippen molar-refractivity contribution >= 4 is 22.2 Å². The van der Waals surface area contributed by atoms with Crippen LogP contribution in [-0.4, -0.2) is 38.0 Å². The van der Waals surface area contributed by atoms with Crippen LogP contribution in [-0.2, 0) is 6.54 Å². The maximum absolute atomic E-state index is 13.9. The van der Waals surface area contributed by atoms with Gasteiger partial charge in [-0.2, -0.15) is 0 Å². The summed E-state index contributed by atoms with van der Waals surface area (Å²) < 4.78 is 18.1. The van der Waals surface area contributed by atoms with E-state index < -0.39 is 0 Å². The quantitative estimate of drug-likeness (QED) is 0.518. The second-order valence-electron chi connectivity index (χ2n) is 8.46. The first kappa shape index (κ1) is 19.8. The van der Waals surface area contributed by atoms with Gasteiger partial charge in [0.15, 0.2) is 0 Å². The molecular formula is C25H28FN5. The summed E-state index contributed by atoms with van der Waals surface area (Å²) in [6, 6.07) is 11.4. The van der Waals surface area contributed by atoms with Crippen molar-refractivity contribution in [1.29, 1.82) is 0 Å². The van der Waals surface area contributed by atoms with Gasteiger partial charge in [-0.3, -0.25) is 0 Å². The normalized spacial score (nSPS) is 17.0. The van der Waals surface area contributed by atoms with Crippen LogP contribution in [0, 0.1) is 12.7 Å². The summed E-state index contributed by atoms with van der Waals surface area (Å²) in [4.78, 5) is 7.25. The molecule has 5 rings (SSSR count). The molecule has 1 atom stereocenters. The number of imidazole rings is 1. The van der Waals surface area contributed by atoms with Gasteiger partial charge in [0, 0.05) is 54.2 Å². The topological polar surface area (TPSA) is 51.5 Å². The number of nitrogens with zero attached hydrogens (tertiary/aromatic N) is 4. The molecule has 4 aromatic rings. The third-order valence-electron chi connectivity index (χ3n) is 6.46. The maximum Gasteiger partial charge on any atom is 0.138 e. The average molecular weight is 418 g/mol. The van der Waals surface area contributed by atoms with Gasteiger partial charge in [0.25, 0.3) is 0 Å². The van der Waals surface area contributed by atoms with Crippen LogP contribution in [0.3, 0.4) is 0 Å². The van der Waals surface area contributed by atoms with Crippen LogP contribution in [0.1, 0.15) is 31.0 Å². The van der Waals surface area contributed by atoms with E-state index in [0.29, 0.717) is 0 Å². The number of benzene rings is 1. The molecule has 1 aromatic carbocycles. The van der Waals surface area contributed by atoms with E-state index >= 15 is 0 Å². The second-order valence-corrected chi connectivity index (χ2v) is 8.46. The first-order valence-electron chi connectivity index (χ1n) is 10.9. The highest BCUT2D eigenvalue weighted by Gasteiger charge is 2.20. The lowest BCUT2D eigenvalue weighted by molar-refractivity contribution is 0.296. The first-order valence-corrected chi connectivity index (χ1v) is 10.9. The fraction of sp³-hybridized carbons (Fsp3) is 0.320. The molecule has 5 nitrogen and oxygen atoms in total. The predicted octanol–water partition coefficient (Wildman–Crippen LogP) is 4.82. The molecule has 1 unspecified atom stereocenters. The van der Waals surface area contributed by atoms with Gasteiger partial charge in [-0.25, -0.2) is 9.37 Å². The van der Waals surface area contributed by atoms with Crippen LogP contribution in [0.5, 0.6) is 0 Å². The van der Waals surface area contributed by atoms with Crippen LogP contribution < -0.4 is 5.73 Å². The number of fused-ring (bicyclic) bond motifs is 2. The zero-order valence-corrected chi connectivity index (χ0v) is 18.1. The zero-order valence-electron chi connectivity index (χ0n) is 18.1. The molecular weight excluding hydrogens is 389 g/mol. The standard InChI is InChI=1S/C25H28FN5/c1-4-30-22-14-20(26)8-7-19(22)12-23(30)25-17(3)31-11-9-18(13-24(31)28-25)16(2)29-10-5-6-21(27)15-29/h7-9,11-14,21H,2,4-6,10,15,27H2,1,3H3. The minimum absolute atomic E-state index is 0.204. The van der Waals surface area contributed by atoms with Gasteiger partial charge in [-0.05, 0) is 63.1 Å². The fourth-order valence-corrected chi connectivity index (χ4v) is 4.79. The number of hydrogen-bond donors (Lipinski definition) is 1. The van der Waals surface area contributed by atoms with Crippen LogP contribution in [0.4, 0.5) is 4.39 Å². The summed E-state index contributed by atoms with van der Waals surface area (Å²) in [6.07, 6.45) is 4.22. The van der Waals surface area contributed by atoms with E-state index in [2.05, 4.69) is 58.7 Å². The average Bonchev–Trinajstić information content (AvgIpc) is 3.29. The SMILES string of the molecule is C=C(c1ccn2c(C)c(-c3cc4ccc(F)cc4n3CC)nc2c1)N1CCCC(N)C1. The highest BCUT2D eigenvalue weighted by molar-refractivity contribution is 5.87. The molecule has 0 radical (unpaired) electrons. The summed E-state index contributed by atoms with van der Waals surface area (Å²) in [6.45, 7) is 11.1. The van der Waals surface area contributed by atoms with Crippen molar-refractivity contribution in [3.63, 3.8) is 0 Å². The van der Waals surface area contributed by atoms with Crippen molar-refractivity contribution in [1.82, 2.24) is 18.9 Å². The van der Waals surface area contributed by atoms with Crippen molar-refractivity contribution in [3.8, 4) is 11.4 Å². The van der Waals surface area contributed by atoms with Gasteiger partial charge in [0.1, 0.15) is 17.2 Å². The Hall–Kier alpha value is -3.12. The Balaban J connectivity index is 1.58. The molecule has 1 aliphatic rings. The van der Waals surface area contributed by atoms with Crippen LogP contribution >= 0.6 is 0 Å². The molecule has 6 heteroatoms. The zero-order chi connectivity index (χ0) is 21.7. The van der Waals surface area contributed by atoms with Crippen molar-refractivity contribution < 1.29 is 4.39 Å². The number of rotatable bonds is 4. The summed E-state index contributed by atoms with van der Waals surface area (Å²) in [5, 5.41) is 1.02. The molecule has 4 heterocycles. The summed E-state index contributed by atoms with van der Waals surface area (Å²) >= 11 is 0. The van der Waals surface area contributed by atoms with Crippen molar-refractivity contribution in [3.05, 3.63) is 66.2 Å². The highest BCUT2D eigenvalue weighted by atomic mass is 19.1. The summed E-state index contributed by atoms with van der Waals surface area (Å²) in [5.41, 5.74) is 13.0. The van der Waals surface area contributed by atoms with E-state index in [0.717, 1.165) is 77.4 Å². The molecule has 0 bridgehead atoms. The molecule has 0 amide bonds. The third kappa shape index (κ3) is 3.31. The van der Waals surface area contributed by atoms with E-state index in [1.54, 1.807) is 6.07 Å². The number of nitrogens with two attached hydrogens (primary N) is 1. The number of likely N-dealkylation sites (tertiary alicyclic amines) is 1. The van der Waals surface area contributed by atoms with E-state index in [1.165, 1.54) is 6.07 Å². The molecule has 1 fully saturated rings. The Morgan fingerprint density at radius 1 is 1.26 bits per heavy atom. The Morgan fingerprint density at radius 3 is 2.87 bits per heavy atom. The van der Waals surface area contributed by atoms with Gasteiger partial charge in [-0.15, -0.1) is 0 Å². The summed E-state index contributed by atoms with van der Waals surface area (Å²) in [5.74, 6) is -0.223. The van der Waals surface area contributed by atoms with Gasteiger partial charge in [0.2, 0.25) is 0 Å². The molecule has 0 spiro atoms. The molecule has 1 aliphatic heterocycles. The minimum atomic E-state index is -0.223. The lowest BCUT2D eigenvalue weighted by Gasteiger charge is -2.34. The van der Waals surface area contributed by atoms with E-state index in [9.17, 15) is 4.39 Å². The number of aryl methyl sites for hydroxylation is 2. The molecule has 0 saturated carbocycles. The Morgan fingerprint density at radius 2 is 2.10 bits per heavy atom.